The third-order valence-electron chi connectivity index (χ3n) is 3.85. The normalized spacial score (nSPS) is 11.8. The molecule has 0 atom stereocenters. The number of hydrogen-bond acceptors (Lipinski definition) is 3. The number of nitrogens with one attached hydrogen (secondary N) is 2. The van der Waals surface area contributed by atoms with Crippen LogP contribution in [0.3, 0.4) is 0 Å². The van der Waals surface area contributed by atoms with Gasteiger partial charge in [0.05, 0.1) is 6.26 Å². The van der Waals surface area contributed by atoms with Gasteiger partial charge in [0, 0.05) is 29.0 Å². The second-order valence-corrected chi connectivity index (χ2v) is 7.44. The number of pyridine rings is 1. The highest BCUT2D eigenvalue weighted by Crippen LogP contribution is 2.29. The molecule has 2 N–H and O–H groups in total. The molecule has 6 heteroatoms. The molecule has 0 fully saturated rings. The Morgan fingerprint density at radius 3 is 2.74 bits per heavy atom. The Kier molecular flexibility index (Phi) is 3.85. The lowest BCUT2D eigenvalue weighted by Gasteiger charge is -2.10. The van der Waals surface area contributed by atoms with Crippen molar-refractivity contribution >= 4 is 26.7 Å². The maximum absolute atomic E-state index is 11.4. The van der Waals surface area contributed by atoms with Crippen molar-refractivity contribution in [3.63, 3.8) is 0 Å². The molecule has 0 aliphatic carbocycles. The Hall–Kier alpha value is -2.34. The molecule has 0 amide bonds. The maximum Gasteiger partial charge on any atom is 0.229 e. The SMILES string of the molecule is CCc1c[nH]c2ncc(-c3cc(NS(C)(=O)=O)ccc3C)cc12. The molecule has 0 radical (unpaired) electrons. The topological polar surface area (TPSA) is 74.8 Å². The maximum atomic E-state index is 11.4. The number of fused-ring (bicyclic) bond motifs is 1. The lowest BCUT2D eigenvalue weighted by molar-refractivity contribution is 0.607. The van der Waals surface area contributed by atoms with Gasteiger partial charge in [-0.3, -0.25) is 4.72 Å². The van der Waals surface area contributed by atoms with Gasteiger partial charge in [-0.25, -0.2) is 13.4 Å². The molecule has 5 nitrogen and oxygen atoms in total. The van der Waals surface area contributed by atoms with Crippen molar-refractivity contribution in [2.45, 2.75) is 20.3 Å². The number of H-pyrrole nitrogens is 1. The van der Waals surface area contributed by atoms with Crippen molar-refractivity contribution in [2.24, 2.45) is 0 Å². The van der Waals surface area contributed by atoms with Gasteiger partial charge in [-0.15, -0.1) is 0 Å². The van der Waals surface area contributed by atoms with Gasteiger partial charge >= 0.3 is 0 Å². The number of aromatic amines is 1. The standard InChI is InChI=1S/C17H19N3O2S/c1-4-12-9-18-17-16(12)7-13(10-19-17)15-8-14(6-5-11(15)2)20-23(3,21)22/h5-10,20H,4H2,1-3H3,(H,18,19). The van der Waals surface area contributed by atoms with Crippen molar-refractivity contribution in [1.29, 1.82) is 0 Å². The fraction of sp³-hybridized carbons (Fsp3) is 0.235. The first-order chi connectivity index (χ1) is 10.9. The lowest BCUT2D eigenvalue weighted by atomic mass is 10.00. The molecule has 3 aromatic rings. The zero-order valence-corrected chi connectivity index (χ0v) is 14.2. The van der Waals surface area contributed by atoms with Crippen LogP contribution in [0.25, 0.3) is 22.2 Å². The molecule has 23 heavy (non-hydrogen) atoms. The molecule has 2 aromatic heterocycles. The van der Waals surface area contributed by atoms with E-state index in [9.17, 15) is 8.42 Å². The van der Waals surface area contributed by atoms with Crippen molar-refractivity contribution in [3.05, 3.63) is 47.8 Å². The summed E-state index contributed by atoms with van der Waals surface area (Å²) >= 11 is 0. The van der Waals surface area contributed by atoms with Crippen molar-refractivity contribution in [2.75, 3.05) is 11.0 Å². The number of sulfonamides is 1. The summed E-state index contributed by atoms with van der Waals surface area (Å²) in [7, 11) is -3.30. The van der Waals surface area contributed by atoms with E-state index >= 15 is 0 Å². The fourth-order valence-electron chi connectivity index (χ4n) is 2.71. The molecule has 1 aromatic carbocycles. The highest BCUT2D eigenvalue weighted by molar-refractivity contribution is 7.92. The Balaban J connectivity index is 2.11. The van der Waals surface area contributed by atoms with E-state index < -0.39 is 10.0 Å². The molecule has 0 saturated heterocycles. The largest absolute Gasteiger partial charge is 0.346 e. The molecule has 0 spiro atoms. The number of aryl methyl sites for hydroxylation is 2. The summed E-state index contributed by atoms with van der Waals surface area (Å²) < 4.78 is 25.4. The summed E-state index contributed by atoms with van der Waals surface area (Å²) in [6.45, 7) is 4.11. The van der Waals surface area contributed by atoms with Gasteiger partial charge in [0.15, 0.2) is 0 Å². The first-order valence-corrected chi connectivity index (χ1v) is 9.31. The molecule has 0 aliphatic heterocycles. The second-order valence-electron chi connectivity index (χ2n) is 5.69. The monoisotopic (exact) mass is 329 g/mol. The Labute approximate surface area is 135 Å². The van der Waals surface area contributed by atoms with Crippen molar-refractivity contribution in [3.8, 4) is 11.1 Å². The fourth-order valence-corrected chi connectivity index (χ4v) is 3.26. The smallest absolute Gasteiger partial charge is 0.229 e. The first-order valence-electron chi connectivity index (χ1n) is 7.42. The van der Waals surface area contributed by atoms with Crippen LogP contribution in [-0.4, -0.2) is 24.6 Å². The molecular formula is C17H19N3O2S. The van der Waals surface area contributed by atoms with Gasteiger partial charge < -0.3 is 4.98 Å². The van der Waals surface area contributed by atoms with Crippen LogP contribution in [0.2, 0.25) is 0 Å². The zero-order valence-electron chi connectivity index (χ0n) is 13.3. The van der Waals surface area contributed by atoms with E-state index in [4.69, 9.17) is 0 Å². The average molecular weight is 329 g/mol. The molecule has 0 saturated carbocycles. The summed E-state index contributed by atoms with van der Waals surface area (Å²) in [5.74, 6) is 0. The number of hydrogen-bond donors (Lipinski definition) is 2. The van der Waals surface area contributed by atoms with Gasteiger partial charge in [0.1, 0.15) is 5.65 Å². The quantitative estimate of drug-likeness (QED) is 0.769. The van der Waals surface area contributed by atoms with E-state index in [-0.39, 0.29) is 0 Å². The van der Waals surface area contributed by atoms with E-state index in [2.05, 4.69) is 27.7 Å². The molecule has 0 bridgehead atoms. The summed E-state index contributed by atoms with van der Waals surface area (Å²) in [4.78, 5) is 7.65. The third kappa shape index (κ3) is 3.22. The molecule has 120 valence electrons. The Morgan fingerprint density at radius 1 is 1.26 bits per heavy atom. The van der Waals surface area contributed by atoms with E-state index in [0.717, 1.165) is 40.4 Å². The van der Waals surface area contributed by atoms with Crippen molar-refractivity contribution < 1.29 is 8.42 Å². The van der Waals surface area contributed by atoms with Crippen LogP contribution in [0.15, 0.2) is 36.7 Å². The number of aromatic nitrogens is 2. The van der Waals surface area contributed by atoms with Crippen LogP contribution in [0, 0.1) is 6.92 Å². The van der Waals surface area contributed by atoms with E-state index in [1.165, 1.54) is 5.56 Å². The van der Waals surface area contributed by atoms with Gasteiger partial charge in [0.25, 0.3) is 0 Å². The molecule has 0 unspecified atom stereocenters. The molecular weight excluding hydrogens is 310 g/mol. The Bertz CT molecular complexity index is 975. The number of rotatable bonds is 4. The van der Waals surface area contributed by atoms with Gasteiger partial charge in [-0.05, 0) is 48.2 Å². The zero-order chi connectivity index (χ0) is 16.6. The molecule has 0 aliphatic rings. The predicted octanol–water partition coefficient (Wildman–Crippen LogP) is 3.47. The van der Waals surface area contributed by atoms with Crippen LogP contribution in [0.5, 0.6) is 0 Å². The van der Waals surface area contributed by atoms with Gasteiger partial charge in [0.2, 0.25) is 10.0 Å². The lowest BCUT2D eigenvalue weighted by Crippen LogP contribution is -2.09. The number of benzene rings is 1. The van der Waals surface area contributed by atoms with E-state index in [1.54, 1.807) is 6.07 Å². The summed E-state index contributed by atoms with van der Waals surface area (Å²) in [6.07, 6.45) is 5.87. The molecule has 2 heterocycles. The summed E-state index contributed by atoms with van der Waals surface area (Å²) in [6, 6.07) is 7.62. The minimum Gasteiger partial charge on any atom is -0.346 e. The first kappa shape index (κ1) is 15.6. The van der Waals surface area contributed by atoms with Crippen molar-refractivity contribution in [1.82, 2.24) is 9.97 Å². The molecule has 3 rings (SSSR count). The van der Waals surface area contributed by atoms with Crippen LogP contribution in [-0.2, 0) is 16.4 Å². The average Bonchev–Trinajstić information content (AvgIpc) is 2.90. The van der Waals surface area contributed by atoms with Crippen LogP contribution in [0.1, 0.15) is 18.1 Å². The van der Waals surface area contributed by atoms with Crippen LogP contribution in [0.4, 0.5) is 5.69 Å². The minimum absolute atomic E-state index is 0.554. The minimum atomic E-state index is -3.30. The van der Waals surface area contributed by atoms with E-state index in [0.29, 0.717) is 5.69 Å². The highest BCUT2D eigenvalue weighted by Gasteiger charge is 2.10. The highest BCUT2D eigenvalue weighted by atomic mass is 32.2. The Morgan fingerprint density at radius 2 is 2.04 bits per heavy atom. The summed E-state index contributed by atoms with van der Waals surface area (Å²) in [5, 5.41) is 1.10. The summed E-state index contributed by atoms with van der Waals surface area (Å²) in [5.41, 5.74) is 5.65. The van der Waals surface area contributed by atoms with Crippen LogP contribution >= 0.6 is 0 Å². The van der Waals surface area contributed by atoms with Crippen LogP contribution < -0.4 is 4.72 Å². The van der Waals surface area contributed by atoms with E-state index in [1.807, 2.05) is 31.5 Å². The predicted molar refractivity (Wildman–Crippen MR) is 94.1 cm³/mol. The van der Waals surface area contributed by atoms with Gasteiger partial charge in [-0.1, -0.05) is 13.0 Å². The third-order valence-corrected chi connectivity index (χ3v) is 4.46. The second kappa shape index (κ2) is 5.70. The number of anilines is 1. The van der Waals surface area contributed by atoms with Gasteiger partial charge in [-0.2, -0.15) is 0 Å². The number of nitrogens with zero attached hydrogens (tertiary/aromatic N) is 1.